The zero-order chi connectivity index (χ0) is 15.1. The highest BCUT2D eigenvalue weighted by Gasteiger charge is 2.25. The normalized spacial score (nSPS) is 18.6. The molecular weight excluding hydrogens is 266 g/mol. The molecule has 5 heteroatoms. The number of carbonyl (C=O) groups is 1. The number of hydrogen-bond acceptors (Lipinski definition) is 4. The van der Waals surface area contributed by atoms with E-state index in [1.807, 2.05) is 4.90 Å². The SMILES string of the molecule is CCCNc1cnccc1C(=O)N1CCCC(CCO)C1. The zero-order valence-corrected chi connectivity index (χ0v) is 12.7. The third-order valence-electron chi connectivity index (χ3n) is 3.96. The zero-order valence-electron chi connectivity index (χ0n) is 12.7. The summed E-state index contributed by atoms with van der Waals surface area (Å²) in [5, 5.41) is 12.3. The Morgan fingerprint density at radius 2 is 2.43 bits per heavy atom. The molecule has 116 valence electrons. The molecule has 0 radical (unpaired) electrons. The van der Waals surface area contributed by atoms with Crippen molar-refractivity contribution in [1.29, 1.82) is 0 Å². The van der Waals surface area contributed by atoms with Gasteiger partial charge in [-0.2, -0.15) is 0 Å². The number of aliphatic hydroxyl groups is 1. The summed E-state index contributed by atoms with van der Waals surface area (Å²) in [4.78, 5) is 18.7. The largest absolute Gasteiger partial charge is 0.396 e. The Hall–Kier alpha value is -1.62. The molecule has 1 aromatic heterocycles. The quantitative estimate of drug-likeness (QED) is 0.843. The second kappa shape index (κ2) is 7.98. The summed E-state index contributed by atoms with van der Waals surface area (Å²) >= 11 is 0. The van der Waals surface area contributed by atoms with Gasteiger partial charge in [0.25, 0.3) is 5.91 Å². The van der Waals surface area contributed by atoms with Crippen LogP contribution in [0, 0.1) is 5.92 Å². The predicted molar refractivity (Wildman–Crippen MR) is 83.3 cm³/mol. The summed E-state index contributed by atoms with van der Waals surface area (Å²) in [6.07, 6.45) is 7.28. The van der Waals surface area contributed by atoms with Gasteiger partial charge < -0.3 is 15.3 Å². The summed E-state index contributed by atoms with van der Waals surface area (Å²) in [7, 11) is 0. The topological polar surface area (TPSA) is 65.5 Å². The highest BCUT2D eigenvalue weighted by atomic mass is 16.3. The third kappa shape index (κ3) is 4.17. The van der Waals surface area contributed by atoms with Gasteiger partial charge in [0.15, 0.2) is 0 Å². The van der Waals surface area contributed by atoms with Crippen LogP contribution in [-0.4, -0.2) is 47.1 Å². The number of nitrogens with zero attached hydrogens (tertiary/aromatic N) is 2. The molecule has 2 rings (SSSR count). The average Bonchev–Trinajstić information content (AvgIpc) is 2.53. The first-order valence-corrected chi connectivity index (χ1v) is 7.84. The van der Waals surface area contributed by atoms with Crippen LogP contribution in [0.5, 0.6) is 0 Å². The maximum absolute atomic E-state index is 12.7. The summed E-state index contributed by atoms with van der Waals surface area (Å²) in [6.45, 7) is 4.67. The fraction of sp³-hybridized carbons (Fsp3) is 0.625. The minimum absolute atomic E-state index is 0.0682. The molecular formula is C16H25N3O2. The second-order valence-corrected chi connectivity index (χ2v) is 5.62. The smallest absolute Gasteiger partial charge is 0.256 e. The molecule has 0 bridgehead atoms. The van der Waals surface area contributed by atoms with Gasteiger partial charge in [-0.15, -0.1) is 0 Å². The van der Waals surface area contributed by atoms with Crippen LogP contribution >= 0.6 is 0 Å². The summed E-state index contributed by atoms with van der Waals surface area (Å²) in [5.41, 5.74) is 1.51. The molecule has 1 atom stereocenters. The molecule has 0 saturated carbocycles. The maximum atomic E-state index is 12.7. The van der Waals surface area contributed by atoms with Crippen LogP contribution < -0.4 is 5.32 Å². The van der Waals surface area contributed by atoms with Gasteiger partial charge in [0, 0.05) is 32.4 Å². The molecule has 1 aliphatic heterocycles. The van der Waals surface area contributed by atoms with Gasteiger partial charge in [0.2, 0.25) is 0 Å². The van der Waals surface area contributed by atoms with Crippen molar-refractivity contribution in [1.82, 2.24) is 9.88 Å². The number of nitrogens with one attached hydrogen (secondary N) is 1. The Kier molecular flexibility index (Phi) is 5.99. The first-order valence-electron chi connectivity index (χ1n) is 7.84. The van der Waals surface area contributed by atoms with E-state index in [9.17, 15) is 4.79 Å². The van der Waals surface area contributed by atoms with Gasteiger partial charge in [-0.05, 0) is 37.7 Å². The van der Waals surface area contributed by atoms with Gasteiger partial charge in [-0.25, -0.2) is 0 Å². The minimum Gasteiger partial charge on any atom is -0.396 e. The van der Waals surface area contributed by atoms with Crippen LogP contribution in [0.15, 0.2) is 18.5 Å². The lowest BCUT2D eigenvalue weighted by molar-refractivity contribution is 0.0654. The van der Waals surface area contributed by atoms with E-state index < -0.39 is 0 Å². The van der Waals surface area contributed by atoms with Crippen molar-refractivity contribution < 1.29 is 9.90 Å². The van der Waals surface area contributed by atoms with Crippen LogP contribution in [0.2, 0.25) is 0 Å². The Balaban J connectivity index is 2.08. The highest BCUT2D eigenvalue weighted by molar-refractivity contribution is 5.99. The number of aliphatic hydroxyl groups excluding tert-OH is 1. The molecule has 1 saturated heterocycles. The molecule has 1 aliphatic rings. The van der Waals surface area contributed by atoms with Crippen molar-refractivity contribution in [2.45, 2.75) is 32.6 Å². The van der Waals surface area contributed by atoms with Gasteiger partial charge in [0.1, 0.15) is 0 Å². The maximum Gasteiger partial charge on any atom is 0.256 e. The molecule has 1 aromatic rings. The standard InChI is InChI=1S/C16H25N3O2/c1-2-7-18-15-11-17-8-5-14(15)16(21)19-9-3-4-13(12-19)6-10-20/h5,8,11,13,18,20H,2-4,6-7,9-10,12H2,1H3. The van der Waals surface area contributed by atoms with Crippen molar-refractivity contribution >= 4 is 11.6 Å². The van der Waals surface area contributed by atoms with E-state index in [4.69, 9.17) is 5.11 Å². The van der Waals surface area contributed by atoms with Crippen LogP contribution in [0.3, 0.4) is 0 Å². The molecule has 0 spiro atoms. The van der Waals surface area contributed by atoms with Crippen LogP contribution in [-0.2, 0) is 0 Å². The molecule has 0 aliphatic carbocycles. The number of amides is 1. The van der Waals surface area contributed by atoms with E-state index in [1.165, 1.54) is 0 Å². The number of pyridine rings is 1. The Labute approximate surface area is 126 Å². The van der Waals surface area contributed by atoms with E-state index in [0.29, 0.717) is 11.5 Å². The van der Waals surface area contributed by atoms with E-state index in [2.05, 4.69) is 17.2 Å². The highest BCUT2D eigenvalue weighted by Crippen LogP contribution is 2.23. The van der Waals surface area contributed by atoms with E-state index in [0.717, 1.165) is 51.0 Å². The van der Waals surface area contributed by atoms with Crippen LogP contribution in [0.25, 0.3) is 0 Å². The Bertz CT molecular complexity index is 463. The molecule has 1 amide bonds. The second-order valence-electron chi connectivity index (χ2n) is 5.62. The minimum atomic E-state index is 0.0682. The molecule has 1 fully saturated rings. The van der Waals surface area contributed by atoms with E-state index >= 15 is 0 Å². The Morgan fingerprint density at radius 3 is 3.19 bits per heavy atom. The lowest BCUT2D eigenvalue weighted by Crippen LogP contribution is -2.40. The van der Waals surface area contributed by atoms with Gasteiger partial charge in [-0.1, -0.05) is 6.92 Å². The lowest BCUT2D eigenvalue weighted by atomic mass is 9.94. The number of aromatic nitrogens is 1. The third-order valence-corrected chi connectivity index (χ3v) is 3.96. The van der Waals surface area contributed by atoms with Crippen molar-refractivity contribution in [2.24, 2.45) is 5.92 Å². The van der Waals surface area contributed by atoms with Crippen molar-refractivity contribution in [2.75, 3.05) is 31.6 Å². The summed E-state index contributed by atoms with van der Waals surface area (Å²) in [6, 6.07) is 1.79. The first kappa shape index (κ1) is 15.8. The molecule has 2 heterocycles. The summed E-state index contributed by atoms with van der Waals surface area (Å²) in [5.74, 6) is 0.486. The molecule has 21 heavy (non-hydrogen) atoms. The number of anilines is 1. The van der Waals surface area contributed by atoms with Gasteiger partial charge >= 0.3 is 0 Å². The molecule has 5 nitrogen and oxygen atoms in total. The summed E-state index contributed by atoms with van der Waals surface area (Å²) < 4.78 is 0. The van der Waals surface area contributed by atoms with Gasteiger partial charge in [0.05, 0.1) is 17.4 Å². The fourth-order valence-corrected chi connectivity index (χ4v) is 2.82. The predicted octanol–water partition coefficient (Wildman–Crippen LogP) is 2.14. The average molecular weight is 291 g/mol. The van der Waals surface area contributed by atoms with Crippen molar-refractivity contribution in [3.8, 4) is 0 Å². The van der Waals surface area contributed by atoms with Crippen LogP contribution in [0.1, 0.15) is 43.0 Å². The molecule has 1 unspecified atom stereocenters. The molecule has 0 aromatic carbocycles. The Morgan fingerprint density at radius 1 is 1.57 bits per heavy atom. The van der Waals surface area contributed by atoms with Crippen molar-refractivity contribution in [3.63, 3.8) is 0 Å². The van der Waals surface area contributed by atoms with Gasteiger partial charge in [-0.3, -0.25) is 9.78 Å². The van der Waals surface area contributed by atoms with E-state index in [1.54, 1.807) is 18.5 Å². The number of rotatable bonds is 6. The number of carbonyl (C=O) groups excluding carboxylic acids is 1. The number of hydrogen-bond donors (Lipinski definition) is 2. The first-order chi connectivity index (χ1) is 10.3. The fourth-order valence-electron chi connectivity index (χ4n) is 2.82. The lowest BCUT2D eigenvalue weighted by Gasteiger charge is -2.33. The number of likely N-dealkylation sites (tertiary alicyclic amines) is 1. The number of piperidine rings is 1. The molecule has 2 N–H and O–H groups in total. The van der Waals surface area contributed by atoms with E-state index in [-0.39, 0.29) is 12.5 Å². The van der Waals surface area contributed by atoms with Crippen molar-refractivity contribution in [3.05, 3.63) is 24.0 Å². The monoisotopic (exact) mass is 291 g/mol. The van der Waals surface area contributed by atoms with Crippen LogP contribution in [0.4, 0.5) is 5.69 Å².